The molecule has 0 aromatic carbocycles. The van der Waals surface area contributed by atoms with Crippen LogP contribution in [0.2, 0.25) is 5.02 Å². The van der Waals surface area contributed by atoms with E-state index in [2.05, 4.69) is 20.4 Å². The summed E-state index contributed by atoms with van der Waals surface area (Å²) < 4.78 is 5.30. The fraction of sp³-hybridized carbons (Fsp3) is 0.200. The topological polar surface area (TPSA) is 101 Å². The van der Waals surface area contributed by atoms with E-state index in [1.54, 1.807) is 6.07 Å². The molecule has 122 valence electrons. The number of H-pyrrole nitrogens is 1. The number of nitrogens with zero attached hydrogens (tertiary/aromatic N) is 2. The number of aromatic amines is 1. The van der Waals surface area contributed by atoms with Gasteiger partial charge in [0.2, 0.25) is 0 Å². The number of aromatic nitrogens is 3. The van der Waals surface area contributed by atoms with Crippen LogP contribution in [0.15, 0.2) is 33.0 Å². The molecule has 0 atom stereocenters. The van der Waals surface area contributed by atoms with E-state index >= 15 is 0 Å². The summed E-state index contributed by atoms with van der Waals surface area (Å²) >= 11 is 7.15. The first-order valence-electron chi connectivity index (χ1n) is 7.23. The van der Waals surface area contributed by atoms with E-state index in [-0.39, 0.29) is 10.6 Å². The molecule has 0 radical (unpaired) electrons. The summed E-state index contributed by atoms with van der Waals surface area (Å²) in [4.78, 5) is 31.1. The van der Waals surface area contributed by atoms with Gasteiger partial charge in [0.15, 0.2) is 5.82 Å². The van der Waals surface area contributed by atoms with Crippen LogP contribution in [0, 0.1) is 0 Å². The number of hydrogen-bond acceptors (Lipinski definition) is 6. The smallest absolute Gasteiger partial charge is 0.270 e. The molecule has 1 saturated carbocycles. The molecular weight excluding hydrogens is 352 g/mol. The van der Waals surface area contributed by atoms with E-state index in [1.165, 1.54) is 23.6 Å². The third-order valence-electron chi connectivity index (χ3n) is 3.61. The number of pyridine rings is 1. The van der Waals surface area contributed by atoms with Crippen LogP contribution in [0.4, 0.5) is 5.69 Å². The Morgan fingerprint density at radius 3 is 3.04 bits per heavy atom. The molecule has 4 rings (SSSR count). The summed E-state index contributed by atoms with van der Waals surface area (Å²) in [6.45, 7) is 0. The maximum atomic E-state index is 12.3. The van der Waals surface area contributed by atoms with Gasteiger partial charge in [-0.15, -0.1) is 11.3 Å². The number of anilines is 1. The average Bonchev–Trinajstić information content (AvgIpc) is 3.12. The number of thiophene rings is 1. The highest BCUT2D eigenvalue weighted by Crippen LogP contribution is 2.40. The molecule has 1 amide bonds. The lowest BCUT2D eigenvalue weighted by atomic mass is 10.2. The van der Waals surface area contributed by atoms with E-state index < -0.39 is 11.5 Å². The Hall–Kier alpha value is -2.45. The Kier molecular flexibility index (Phi) is 3.70. The van der Waals surface area contributed by atoms with Crippen LogP contribution in [-0.4, -0.2) is 21.0 Å². The van der Waals surface area contributed by atoms with Crippen LogP contribution in [0.3, 0.4) is 0 Å². The van der Waals surface area contributed by atoms with Crippen LogP contribution in [0.25, 0.3) is 10.8 Å². The van der Waals surface area contributed by atoms with Gasteiger partial charge in [-0.25, -0.2) is 0 Å². The molecule has 0 bridgehead atoms. The van der Waals surface area contributed by atoms with Crippen molar-refractivity contribution in [2.75, 3.05) is 5.32 Å². The molecule has 1 aliphatic carbocycles. The maximum absolute atomic E-state index is 12.3. The van der Waals surface area contributed by atoms with Crippen LogP contribution < -0.4 is 10.9 Å². The fourth-order valence-corrected chi connectivity index (χ4v) is 3.13. The van der Waals surface area contributed by atoms with Crippen molar-refractivity contribution >= 4 is 34.5 Å². The van der Waals surface area contributed by atoms with Crippen molar-refractivity contribution in [2.45, 2.75) is 18.8 Å². The van der Waals surface area contributed by atoms with Crippen LogP contribution in [0.1, 0.15) is 34.9 Å². The van der Waals surface area contributed by atoms with E-state index in [1.807, 2.05) is 5.38 Å². The van der Waals surface area contributed by atoms with E-state index in [0.29, 0.717) is 28.2 Å². The zero-order chi connectivity index (χ0) is 16.7. The number of halogens is 1. The molecule has 0 aliphatic heterocycles. The second kappa shape index (κ2) is 5.88. The third kappa shape index (κ3) is 2.85. The summed E-state index contributed by atoms with van der Waals surface area (Å²) in [7, 11) is 0. The standard InChI is InChI=1S/C15H11ClN4O3S/c16-9-5-8(6-17-14(9)22)13(21)18-10-3-4-24-11(10)15-19-12(20-23-15)7-1-2-7/h3-7H,1-2H2,(H,17,22)(H,18,21). The zero-order valence-corrected chi connectivity index (χ0v) is 13.8. The number of amides is 1. The Morgan fingerprint density at radius 1 is 1.46 bits per heavy atom. The molecule has 7 nitrogen and oxygen atoms in total. The van der Waals surface area contributed by atoms with Gasteiger partial charge in [0.25, 0.3) is 17.4 Å². The van der Waals surface area contributed by atoms with Crippen LogP contribution in [0.5, 0.6) is 0 Å². The Morgan fingerprint density at radius 2 is 2.29 bits per heavy atom. The number of carbonyl (C=O) groups excluding carboxylic acids is 1. The van der Waals surface area contributed by atoms with Crippen LogP contribution in [-0.2, 0) is 0 Å². The highest BCUT2D eigenvalue weighted by Gasteiger charge is 2.29. The van der Waals surface area contributed by atoms with Crippen molar-refractivity contribution in [3.8, 4) is 10.8 Å². The predicted octanol–water partition coefficient (Wildman–Crippen LogP) is 3.27. The molecule has 24 heavy (non-hydrogen) atoms. The van der Waals surface area contributed by atoms with E-state index in [9.17, 15) is 9.59 Å². The summed E-state index contributed by atoms with van der Waals surface area (Å²) in [6, 6.07) is 3.08. The van der Waals surface area contributed by atoms with Gasteiger partial charge in [0.05, 0.1) is 11.3 Å². The van der Waals surface area contributed by atoms with Gasteiger partial charge in [0, 0.05) is 12.1 Å². The Bertz CT molecular complexity index is 973. The number of hydrogen-bond donors (Lipinski definition) is 2. The molecule has 2 N–H and O–H groups in total. The second-order valence-electron chi connectivity index (χ2n) is 5.41. The van der Waals surface area contributed by atoms with Gasteiger partial charge in [-0.05, 0) is 30.4 Å². The molecule has 0 saturated heterocycles. The maximum Gasteiger partial charge on any atom is 0.270 e. The number of carbonyl (C=O) groups is 1. The van der Waals surface area contributed by atoms with Crippen LogP contribution >= 0.6 is 22.9 Å². The summed E-state index contributed by atoms with van der Waals surface area (Å²) in [5, 5.41) is 8.54. The quantitative estimate of drug-likeness (QED) is 0.741. The van der Waals surface area contributed by atoms with Gasteiger partial charge >= 0.3 is 0 Å². The van der Waals surface area contributed by atoms with Gasteiger partial charge in [-0.1, -0.05) is 16.8 Å². The largest absolute Gasteiger partial charge is 0.333 e. The SMILES string of the molecule is O=C(Nc1ccsc1-c1nc(C2CC2)no1)c1c[nH]c(=O)c(Cl)c1. The van der Waals surface area contributed by atoms with Crippen molar-refractivity contribution in [3.05, 3.63) is 50.5 Å². The second-order valence-corrected chi connectivity index (χ2v) is 6.74. The van der Waals surface area contributed by atoms with E-state index in [4.69, 9.17) is 16.1 Å². The van der Waals surface area contributed by atoms with Crippen molar-refractivity contribution < 1.29 is 9.32 Å². The van der Waals surface area contributed by atoms with Gasteiger partial charge in [-0.2, -0.15) is 4.98 Å². The van der Waals surface area contributed by atoms with Gasteiger partial charge in [-0.3, -0.25) is 9.59 Å². The van der Waals surface area contributed by atoms with Gasteiger partial charge < -0.3 is 14.8 Å². The highest BCUT2D eigenvalue weighted by atomic mass is 35.5. The Balaban J connectivity index is 1.58. The van der Waals surface area contributed by atoms with E-state index in [0.717, 1.165) is 12.8 Å². The van der Waals surface area contributed by atoms with Crippen molar-refractivity contribution in [1.29, 1.82) is 0 Å². The zero-order valence-electron chi connectivity index (χ0n) is 12.2. The first-order chi connectivity index (χ1) is 11.6. The molecule has 3 heterocycles. The highest BCUT2D eigenvalue weighted by molar-refractivity contribution is 7.14. The van der Waals surface area contributed by atoms with Crippen molar-refractivity contribution in [3.63, 3.8) is 0 Å². The lowest BCUT2D eigenvalue weighted by Crippen LogP contribution is -2.15. The minimum Gasteiger partial charge on any atom is -0.333 e. The number of rotatable bonds is 4. The monoisotopic (exact) mass is 362 g/mol. The molecule has 3 aromatic rings. The Labute approximate surface area is 144 Å². The third-order valence-corrected chi connectivity index (χ3v) is 4.80. The minimum atomic E-state index is -0.442. The summed E-state index contributed by atoms with van der Waals surface area (Å²) in [6.07, 6.45) is 3.48. The molecule has 0 unspecified atom stereocenters. The molecule has 3 aromatic heterocycles. The summed E-state index contributed by atoms with van der Waals surface area (Å²) in [5.74, 6) is 1.10. The summed E-state index contributed by atoms with van der Waals surface area (Å²) in [5.41, 5.74) is 0.377. The molecular formula is C15H11ClN4O3S. The van der Waals surface area contributed by atoms with Crippen molar-refractivity contribution in [1.82, 2.24) is 15.1 Å². The molecule has 1 fully saturated rings. The predicted molar refractivity (Wildman–Crippen MR) is 89.6 cm³/mol. The van der Waals surface area contributed by atoms with Gasteiger partial charge in [0.1, 0.15) is 9.90 Å². The lowest BCUT2D eigenvalue weighted by molar-refractivity contribution is 0.102. The number of nitrogens with one attached hydrogen (secondary N) is 2. The van der Waals surface area contributed by atoms with Crippen molar-refractivity contribution in [2.24, 2.45) is 0 Å². The average molecular weight is 363 g/mol. The lowest BCUT2D eigenvalue weighted by Gasteiger charge is -2.04. The first-order valence-corrected chi connectivity index (χ1v) is 8.48. The molecule has 1 aliphatic rings. The normalized spacial score (nSPS) is 13.9. The fourth-order valence-electron chi connectivity index (χ4n) is 2.19. The molecule has 0 spiro atoms. The minimum absolute atomic E-state index is 0.0424. The first kappa shape index (κ1) is 15.1. The molecule has 9 heteroatoms.